The summed E-state index contributed by atoms with van der Waals surface area (Å²) in [5, 5.41) is 2.82. The molecule has 0 aromatic heterocycles. The summed E-state index contributed by atoms with van der Waals surface area (Å²) in [7, 11) is 0. The van der Waals surface area contributed by atoms with Gasteiger partial charge in [0.1, 0.15) is 5.82 Å². The van der Waals surface area contributed by atoms with Crippen molar-refractivity contribution in [1.82, 2.24) is 4.90 Å². The molecule has 24 heavy (non-hydrogen) atoms. The minimum atomic E-state index is -0.475. The van der Waals surface area contributed by atoms with Crippen LogP contribution >= 0.6 is 23.4 Å². The van der Waals surface area contributed by atoms with Gasteiger partial charge in [0.15, 0.2) is 0 Å². The molecule has 1 heterocycles. The van der Waals surface area contributed by atoms with Crippen LogP contribution in [0.3, 0.4) is 0 Å². The van der Waals surface area contributed by atoms with E-state index in [-0.39, 0.29) is 10.9 Å². The Morgan fingerprint density at radius 3 is 2.79 bits per heavy atom. The van der Waals surface area contributed by atoms with Gasteiger partial charge >= 0.3 is 0 Å². The summed E-state index contributed by atoms with van der Waals surface area (Å²) < 4.78 is 13.1. The molecule has 0 unspecified atom stereocenters. The molecule has 2 rings (SSSR count). The molecule has 1 saturated heterocycles. The minimum Gasteiger partial charge on any atom is -0.326 e. The highest BCUT2D eigenvalue weighted by Crippen LogP contribution is 2.24. The van der Waals surface area contributed by atoms with Crippen molar-refractivity contribution < 1.29 is 9.18 Å². The molecular weight excluding hydrogens is 347 g/mol. The van der Waals surface area contributed by atoms with Gasteiger partial charge in [-0.05, 0) is 69.6 Å². The van der Waals surface area contributed by atoms with E-state index >= 15 is 0 Å². The van der Waals surface area contributed by atoms with Crippen molar-refractivity contribution in [2.45, 2.75) is 38.6 Å². The molecule has 0 spiro atoms. The van der Waals surface area contributed by atoms with Crippen LogP contribution in [-0.4, -0.2) is 41.9 Å². The largest absolute Gasteiger partial charge is 0.326 e. The molecule has 3 nitrogen and oxygen atoms in total. The second kappa shape index (κ2) is 9.64. The van der Waals surface area contributed by atoms with E-state index in [1.165, 1.54) is 24.0 Å². The Labute approximate surface area is 153 Å². The number of piperidine rings is 1. The molecule has 1 aliphatic rings. The van der Waals surface area contributed by atoms with E-state index in [2.05, 4.69) is 23.4 Å². The number of nitrogens with zero attached hydrogens (tertiary/aromatic N) is 1. The van der Waals surface area contributed by atoms with Gasteiger partial charge in [0.2, 0.25) is 5.91 Å². The third-order valence-electron chi connectivity index (χ3n) is 4.66. The van der Waals surface area contributed by atoms with E-state index in [0.717, 1.165) is 32.4 Å². The zero-order valence-corrected chi connectivity index (χ0v) is 15.9. The van der Waals surface area contributed by atoms with Crippen molar-refractivity contribution in [1.29, 1.82) is 0 Å². The van der Waals surface area contributed by atoms with Crippen LogP contribution in [0.25, 0.3) is 0 Å². The minimum absolute atomic E-state index is 0.0273. The molecule has 134 valence electrons. The Bertz CT molecular complexity index is 550. The predicted octanol–water partition coefficient (Wildman–Crippen LogP) is 4.66. The van der Waals surface area contributed by atoms with Crippen LogP contribution in [0.2, 0.25) is 5.02 Å². The number of benzene rings is 1. The maximum absolute atomic E-state index is 13.1. The second-order valence-electron chi connectivity index (χ2n) is 6.50. The average Bonchev–Trinajstić information content (AvgIpc) is 2.57. The van der Waals surface area contributed by atoms with Crippen LogP contribution in [0, 0.1) is 11.7 Å². The van der Waals surface area contributed by atoms with Gasteiger partial charge in [0.05, 0.1) is 5.02 Å². The highest BCUT2D eigenvalue weighted by atomic mass is 35.5. The fourth-order valence-electron chi connectivity index (χ4n) is 3.16. The van der Waals surface area contributed by atoms with E-state index in [1.54, 1.807) is 0 Å². The number of thioether (sulfide) groups is 1. The number of carbonyl (C=O) groups excluding carboxylic acids is 1. The van der Waals surface area contributed by atoms with Crippen molar-refractivity contribution in [2.24, 2.45) is 5.92 Å². The quantitative estimate of drug-likeness (QED) is 0.755. The molecule has 1 atom stereocenters. The average molecular weight is 373 g/mol. The van der Waals surface area contributed by atoms with Gasteiger partial charge < -0.3 is 5.32 Å². The maximum atomic E-state index is 13.1. The van der Waals surface area contributed by atoms with E-state index in [0.29, 0.717) is 24.1 Å². The summed E-state index contributed by atoms with van der Waals surface area (Å²) in [6, 6.07) is 4.88. The number of carbonyl (C=O) groups is 1. The number of nitrogens with one attached hydrogen (secondary N) is 1. The maximum Gasteiger partial charge on any atom is 0.224 e. The normalized spacial score (nSPS) is 17.7. The number of hydrogen-bond acceptors (Lipinski definition) is 3. The summed E-state index contributed by atoms with van der Waals surface area (Å²) in [5.41, 5.74) is 0.548. The van der Waals surface area contributed by atoms with Crippen molar-refractivity contribution in [3.63, 3.8) is 0 Å². The van der Waals surface area contributed by atoms with E-state index in [1.807, 2.05) is 11.8 Å². The van der Waals surface area contributed by atoms with Crippen LogP contribution in [0.5, 0.6) is 0 Å². The fourth-order valence-corrected chi connectivity index (χ4v) is 4.04. The van der Waals surface area contributed by atoms with Gasteiger partial charge in [-0.3, -0.25) is 9.69 Å². The van der Waals surface area contributed by atoms with Gasteiger partial charge in [-0.15, -0.1) is 0 Å². The lowest BCUT2D eigenvalue weighted by Gasteiger charge is -2.35. The highest BCUT2D eigenvalue weighted by molar-refractivity contribution is 7.98. The molecule has 1 aliphatic heterocycles. The Morgan fingerprint density at radius 1 is 1.46 bits per heavy atom. The topological polar surface area (TPSA) is 32.3 Å². The smallest absolute Gasteiger partial charge is 0.224 e. The van der Waals surface area contributed by atoms with Crippen LogP contribution in [0.1, 0.15) is 32.6 Å². The van der Waals surface area contributed by atoms with E-state index < -0.39 is 5.82 Å². The zero-order valence-electron chi connectivity index (χ0n) is 14.4. The SMILES string of the molecule is CSC[C@@H](C)N1CCC(CCC(=O)Nc2ccc(F)c(Cl)c2)CC1. The van der Waals surface area contributed by atoms with Gasteiger partial charge in [0, 0.05) is 23.9 Å². The van der Waals surface area contributed by atoms with Crippen molar-refractivity contribution in [3.8, 4) is 0 Å². The molecule has 6 heteroatoms. The number of halogens is 2. The lowest BCUT2D eigenvalue weighted by Crippen LogP contribution is -2.41. The van der Waals surface area contributed by atoms with Crippen LogP contribution in [0.4, 0.5) is 10.1 Å². The van der Waals surface area contributed by atoms with Crippen LogP contribution in [0.15, 0.2) is 18.2 Å². The number of hydrogen-bond donors (Lipinski definition) is 1. The Balaban J connectivity index is 1.70. The molecular formula is C18H26ClFN2OS. The number of rotatable bonds is 7. The number of amides is 1. The van der Waals surface area contributed by atoms with E-state index in [9.17, 15) is 9.18 Å². The first kappa shape index (κ1) is 19.5. The van der Waals surface area contributed by atoms with Crippen LogP contribution < -0.4 is 5.32 Å². The summed E-state index contributed by atoms with van der Waals surface area (Å²) in [6.07, 6.45) is 5.88. The molecule has 1 amide bonds. The van der Waals surface area contributed by atoms with Gasteiger partial charge in [-0.1, -0.05) is 11.6 Å². The molecule has 1 N–H and O–H groups in total. The van der Waals surface area contributed by atoms with Crippen molar-refractivity contribution in [3.05, 3.63) is 29.0 Å². The molecule has 1 aromatic rings. The predicted molar refractivity (Wildman–Crippen MR) is 101 cm³/mol. The van der Waals surface area contributed by atoms with Crippen LogP contribution in [-0.2, 0) is 4.79 Å². The molecule has 0 bridgehead atoms. The Hall–Kier alpha value is -0.780. The summed E-state index contributed by atoms with van der Waals surface area (Å²) in [5.74, 6) is 1.28. The number of anilines is 1. The first-order chi connectivity index (χ1) is 11.5. The van der Waals surface area contributed by atoms with Gasteiger partial charge in [-0.2, -0.15) is 11.8 Å². The monoisotopic (exact) mass is 372 g/mol. The first-order valence-electron chi connectivity index (χ1n) is 8.47. The molecule has 1 aromatic carbocycles. The standard InChI is InChI=1S/C18H26ClFN2OS/c1-13(12-24-2)22-9-7-14(8-10-22)3-6-18(23)21-15-4-5-17(20)16(19)11-15/h4-5,11,13-14H,3,6-10,12H2,1-2H3,(H,21,23)/t13-/m1/s1. The molecule has 0 radical (unpaired) electrons. The molecule has 0 aliphatic carbocycles. The van der Waals surface area contributed by atoms with Gasteiger partial charge in [-0.25, -0.2) is 4.39 Å². The van der Waals surface area contributed by atoms with Gasteiger partial charge in [0.25, 0.3) is 0 Å². The fraction of sp³-hybridized carbons (Fsp3) is 0.611. The van der Waals surface area contributed by atoms with Crippen molar-refractivity contribution >= 4 is 35.0 Å². The third kappa shape index (κ3) is 5.94. The lowest BCUT2D eigenvalue weighted by molar-refractivity contribution is -0.116. The molecule has 0 saturated carbocycles. The highest BCUT2D eigenvalue weighted by Gasteiger charge is 2.22. The Kier molecular flexibility index (Phi) is 7.85. The zero-order chi connectivity index (χ0) is 17.5. The van der Waals surface area contributed by atoms with Crippen molar-refractivity contribution in [2.75, 3.05) is 30.4 Å². The van der Waals surface area contributed by atoms with E-state index in [4.69, 9.17) is 11.6 Å². The summed E-state index contributed by atoms with van der Waals surface area (Å²) in [6.45, 7) is 4.54. The lowest BCUT2D eigenvalue weighted by atomic mass is 9.91. The first-order valence-corrected chi connectivity index (χ1v) is 10.2. The third-order valence-corrected chi connectivity index (χ3v) is 5.77. The summed E-state index contributed by atoms with van der Waals surface area (Å²) >= 11 is 7.62. The second-order valence-corrected chi connectivity index (χ2v) is 7.82. The molecule has 1 fully saturated rings. The summed E-state index contributed by atoms with van der Waals surface area (Å²) in [4.78, 5) is 14.6. The number of likely N-dealkylation sites (tertiary alicyclic amines) is 1. The Morgan fingerprint density at radius 2 is 2.17 bits per heavy atom.